The maximum Gasteiger partial charge on any atom is 0.230 e. The monoisotopic (exact) mass is 312 g/mol. The van der Waals surface area contributed by atoms with Crippen LogP contribution in [0.25, 0.3) is 0 Å². The van der Waals surface area contributed by atoms with E-state index in [0.29, 0.717) is 6.54 Å². The van der Waals surface area contributed by atoms with Crippen molar-refractivity contribution in [2.75, 3.05) is 0 Å². The number of hydrogen-bond acceptors (Lipinski definition) is 2. The van der Waals surface area contributed by atoms with Crippen LogP contribution in [0.2, 0.25) is 0 Å². The first-order valence-corrected chi connectivity index (χ1v) is 7.82. The summed E-state index contributed by atoms with van der Waals surface area (Å²) in [5.74, 6) is -0.362. The second-order valence-electron chi connectivity index (χ2n) is 6.52. The van der Waals surface area contributed by atoms with E-state index in [-0.39, 0.29) is 11.7 Å². The molecule has 1 amide bonds. The van der Waals surface area contributed by atoms with Gasteiger partial charge in [-0.2, -0.15) is 0 Å². The van der Waals surface area contributed by atoms with Crippen molar-refractivity contribution in [2.24, 2.45) is 0 Å². The Kier molecular flexibility index (Phi) is 4.18. The summed E-state index contributed by atoms with van der Waals surface area (Å²) in [4.78, 5) is 12.5. The van der Waals surface area contributed by atoms with Crippen molar-refractivity contribution in [1.82, 2.24) is 10.6 Å². The summed E-state index contributed by atoms with van der Waals surface area (Å²) < 4.78 is 13.0. The minimum atomic E-state index is -0.702. The lowest BCUT2D eigenvalue weighted by atomic mass is 9.83. The standard InChI is InChI=1S/C19H21FN2O/c1-19(2,16-5-7-17(20)8-6-16)18(23)22-10-13-3-4-14-11-21-12-15(14)9-13/h3-9,21H,10-12H2,1-2H3,(H,22,23). The summed E-state index contributed by atoms with van der Waals surface area (Å²) in [5.41, 5.74) is 3.82. The molecule has 0 atom stereocenters. The van der Waals surface area contributed by atoms with Gasteiger partial charge in [0, 0.05) is 19.6 Å². The third kappa shape index (κ3) is 3.27. The third-order valence-corrected chi connectivity index (χ3v) is 4.49. The molecule has 0 unspecified atom stereocenters. The molecular weight excluding hydrogens is 291 g/mol. The molecule has 0 spiro atoms. The molecule has 4 heteroatoms. The molecule has 0 fully saturated rings. The van der Waals surface area contributed by atoms with E-state index in [9.17, 15) is 9.18 Å². The van der Waals surface area contributed by atoms with E-state index in [1.165, 1.54) is 23.3 Å². The zero-order valence-corrected chi connectivity index (χ0v) is 13.4. The first-order valence-electron chi connectivity index (χ1n) is 7.82. The Labute approximate surface area is 135 Å². The Balaban J connectivity index is 1.67. The Morgan fingerprint density at radius 1 is 1.13 bits per heavy atom. The maximum absolute atomic E-state index is 13.0. The van der Waals surface area contributed by atoms with Crippen molar-refractivity contribution in [1.29, 1.82) is 0 Å². The fourth-order valence-electron chi connectivity index (χ4n) is 2.86. The number of hydrogen-bond donors (Lipinski definition) is 2. The number of fused-ring (bicyclic) bond motifs is 1. The number of halogens is 1. The SMILES string of the molecule is CC(C)(C(=O)NCc1ccc2c(c1)CNC2)c1ccc(F)cc1. The van der Waals surface area contributed by atoms with Gasteiger partial charge >= 0.3 is 0 Å². The van der Waals surface area contributed by atoms with E-state index in [1.807, 2.05) is 13.8 Å². The van der Waals surface area contributed by atoms with Crippen molar-refractivity contribution in [2.45, 2.75) is 38.9 Å². The van der Waals surface area contributed by atoms with Crippen LogP contribution in [0.1, 0.15) is 36.1 Å². The summed E-state index contributed by atoms with van der Waals surface area (Å²) in [5, 5.41) is 6.30. The van der Waals surface area contributed by atoms with Crippen molar-refractivity contribution in [3.8, 4) is 0 Å². The van der Waals surface area contributed by atoms with Gasteiger partial charge in [0.2, 0.25) is 5.91 Å². The van der Waals surface area contributed by atoms with E-state index in [4.69, 9.17) is 0 Å². The Bertz CT molecular complexity index is 723. The topological polar surface area (TPSA) is 41.1 Å². The predicted octanol–water partition coefficient (Wildman–Crippen LogP) is 3.02. The lowest BCUT2D eigenvalue weighted by molar-refractivity contribution is -0.125. The summed E-state index contributed by atoms with van der Waals surface area (Å²) in [6, 6.07) is 12.4. The summed E-state index contributed by atoms with van der Waals surface area (Å²) in [6.07, 6.45) is 0. The lowest BCUT2D eigenvalue weighted by Gasteiger charge is -2.24. The quantitative estimate of drug-likeness (QED) is 0.911. The minimum Gasteiger partial charge on any atom is -0.351 e. The van der Waals surface area contributed by atoms with Crippen molar-refractivity contribution >= 4 is 5.91 Å². The van der Waals surface area contributed by atoms with Crippen LogP contribution in [0.5, 0.6) is 0 Å². The Morgan fingerprint density at radius 3 is 2.57 bits per heavy atom. The number of nitrogens with one attached hydrogen (secondary N) is 2. The Morgan fingerprint density at radius 2 is 1.83 bits per heavy atom. The molecule has 0 saturated heterocycles. The first kappa shape index (κ1) is 15.7. The van der Waals surface area contributed by atoms with Gasteiger partial charge in [-0.15, -0.1) is 0 Å². The molecule has 3 rings (SSSR count). The van der Waals surface area contributed by atoms with E-state index < -0.39 is 5.41 Å². The van der Waals surface area contributed by atoms with Crippen LogP contribution in [0.15, 0.2) is 42.5 Å². The highest BCUT2D eigenvalue weighted by Gasteiger charge is 2.29. The highest BCUT2D eigenvalue weighted by Crippen LogP contribution is 2.24. The van der Waals surface area contributed by atoms with E-state index in [2.05, 4.69) is 28.8 Å². The zero-order chi connectivity index (χ0) is 16.4. The summed E-state index contributed by atoms with van der Waals surface area (Å²) >= 11 is 0. The van der Waals surface area contributed by atoms with E-state index in [1.54, 1.807) is 12.1 Å². The van der Waals surface area contributed by atoms with Crippen LogP contribution in [-0.2, 0) is 29.8 Å². The van der Waals surface area contributed by atoms with Gasteiger partial charge in [-0.05, 0) is 48.2 Å². The first-order chi connectivity index (χ1) is 11.0. The number of benzene rings is 2. The zero-order valence-electron chi connectivity index (χ0n) is 13.4. The molecular formula is C19H21FN2O. The number of rotatable bonds is 4. The highest BCUT2D eigenvalue weighted by molar-refractivity contribution is 5.87. The molecule has 1 aliphatic rings. The van der Waals surface area contributed by atoms with Crippen molar-refractivity contribution in [3.05, 3.63) is 70.5 Å². The van der Waals surface area contributed by atoms with Crippen molar-refractivity contribution < 1.29 is 9.18 Å². The Hall–Kier alpha value is -2.20. The fraction of sp³-hybridized carbons (Fsp3) is 0.316. The van der Waals surface area contributed by atoms with Crippen LogP contribution >= 0.6 is 0 Å². The van der Waals surface area contributed by atoms with E-state index >= 15 is 0 Å². The van der Waals surface area contributed by atoms with Gasteiger partial charge in [-0.25, -0.2) is 4.39 Å². The number of amides is 1. The average Bonchev–Trinajstić information content (AvgIpc) is 3.00. The van der Waals surface area contributed by atoms with Gasteiger partial charge in [-0.3, -0.25) is 4.79 Å². The molecule has 1 heterocycles. The molecule has 1 aliphatic heterocycles. The highest BCUT2D eigenvalue weighted by atomic mass is 19.1. The summed E-state index contributed by atoms with van der Waals surface area (Å²) in [6.45, 7) is 6.00. The molecule has 3 nitrogen and oxygen atoms in total. The van der Waals surface area contributed by atoms with Gasteiger partial charge in [0.05, 0.1) is 5.41 Å². The van der Waals surface area contributed by atoms with Gasteiger partial charge < -0.3 is 10.6 Å². The molecule has 0 radical (unpaired) electrons. The minimum absolute atomic E-state index is 0.0669. The fourth-order valence-corrected chi connectivity index (χ4v) is 2.86. The lowest BCUT2D eigenvalue weighted by Crippen LogP contribution is -2.39. The maximum atomic E-state index is 13.0. The molecule has 2 aromatic carbocycles. The van der Waals surface area contributed by atoms with Gasteiger partial charge in [-0.1, -0.05) is 30.3 Å². The number of carbonyl (C=O) groups excluding carboxylic acids is 1. The second-order valence-corrected chi connectivity index (χ2v) is 6.52. The summed E-state index contributed by atoms with van der Waals surface area (Å²) in [7, 11) is 0. The van der Waals surface area contributed by atoms with Gasteiger partial charge in [0.1, 0.15) is 5.82 Å². The van der Waals surface area contributed by atoms with Gasteiger partial charge in [0.15, 0.2) is 0 Å². The second kappa shape index (κ2) is 6.13. The molecule has 0 bridgehead atoms. The largest absolute Gasteiger partial charge is 0.351 e. The number of carbonyl (C=O) groups is 1. The molecule has 120 valence electrons. The van der Waals surface area contributed by atoms with Crippen LogP contribution in [0.3, 0.4) is 0 Å². The smallest absolute Gasteiger partial charge is 0.230 e. The van der Waals surface area contributed by atoms with Gasteiger partial charge in [0.25, 0.3) is 0 Å². The van der Waals surface area contributed by atoms with Crippen LogP contribution in [0.4, 0.5) is 4.39 Å². The molecule has 2 N–H and O–H groups in total. The molecule has 23 heavy (non-hydrogen) atoms. The third-order valence-electron chi connectivity index (χ3n) is 4.49. The van der Waals surface area contributed by atoms with Crippen molar-refractivity contribution in [3.63, 3.8) is 0 Å². The molecule has 2 aromatic rings. The van der Waals surface area contributed by atoms with Crippen LogP contribution in [-0.4, -0.2) is 5.91 Å². The molecule has 0 saturated carbocycles. The molecule has 0 aliphatic carbocycles. The normalized spacial score (nSPS) is 13.7. The van der Waals surface area contributed by atoms with Crippen LogP contribution in [0, 0.1) is 5.82 Å². The average molecular weight is 312 g/mol. The van der Waals surface area contributed by atoms with Crippen LogP contribution < -0.4 is 10.6 Å². The van der Waals surface area contributed by atoms with E-state index in [0.717, 1.165) is 24.2 Å². The predicted molar refractivity (Wildman–Crippen MR) is 88.3 cm³/mol. The molecule has 0 aromatic heterocycles.